The Balaban J connectivity index is 2.00. The highest BCUT2D eigenvalue weighted by Crippen LogP contribution is 2.13. The van der Waals surface area contributed by atoms with Gasteiger partial charge in [0.1, 0.15) is 5.75 Å². The fraction of sp³-hybridized carbons (Fsp3) is 0.154. The topological polar surface area (TPSA) is 27.1 Å². The van der Waals surface area contributed by atoms with Crippen molar-refractivity contribution in [2.24, 2.45) is 0 Å². The van der Waals surface area contributed by atoms with Crippen LogP contribution in [0.3, 0.4) is 0 Å². The molecule has 0 N–H and O–H groups in total. The normalized spacial score (nSPS) is 10.8. The van der Waals surface area contributed by atoms with Crippen LogP contribution in [0.5, 0.6) is 5.75 Å². The van der Waals surface area contributed by atoms with Crippen LogP contribution < -0.4 is 4.74 Å². The third-order valence-corrected chi connectivity index (χ3v) is 2.28. The molecule has 3 heteroatoms. The zero-order valence-electron chi connectivity index (χ0n) is 9.21. The van der Waals surface area contributed by atoms with Gasteiger partial charge < -0.3 is 9.30 Å². The summed E-state index contributed by atoms with van der Waals surface area (Å²) in [6, 6.07) is 7.97. The van der Waals surface area contributed by atoms with Gasteiger partial charge in [-0.15, -0.1) is 0 Å². The molecule has 0 saturated heterocycles. The predicted octanol–water partition coefficient (Wildman–Crippen LogP) is 2.61. The van der Waals surface area contributed by atoms with Crippen molar-refractivity contribution in [3.05, 3.63) is 54.6 Å². The van der Waals surface area contributed by atoms with E-state index in [1.165, 1.54) is 0 Å². The Bertz CT molecular complexity index is 461. The van der Waals surface area contributed by atoms with Gasteiger partial charge in [-0.25, -0.2) is 4.98 Å². The molecule has 1 aromatic heterocycles. The van der Waals surface area contributed by atoms with Gasteiger partial charge in [0, 0.05) is 18.9 Å². The van der Waals surface area contributed by atoms with Gasteiger partial charge in [-0.05, 0) is 17.7 Å². The molecule has 82 valence electrons. The molecular weight excluding hydrogens is 200 g/mol. The Morgan fingerprint density at radius 2 is 2.38 bits per heavy atom. The summed E-state index contributed by atoms with van der Waals surface area (Å²) in [7, 11) is 1.67. The molecule has 0 bridgehead atoms. The fourth-order valence-corrected chi connectivity index (χ4v) is 1.45. The molecule has 0 aliphatic heterocycles. The molecule has 16 heavy (non-hydrogen) atoms. The molecule has 0 amide bonds. The zero-order chi connectivity index (χ0) is 11.2. The molecule has 1 heterocycles. The lowest BCUT2D eigenvalue weighted by Crippen LogP contribution is -1.89. The molecule has 0 saturated carbocycles. The van der Waals surface area contributed by atoms with Crippen LogP contribution in [0.2, 0.25) is 0 Å². The summed E-state index contributed by atoms with van der Waals surface area (Å²) in [5.41, 5.74) is 1.14. The van der Waals surface area contributed by atoms with E-state index in [2.05, 4.69) is 17.1 Å². The minimum atomic E-state index is 0.831. The summed E-state index contributed by atoms with van der Waals surface area (Å²) in [6.45, 7) is 0.831. The van der Waals surface area contributed by atoms with Crippen LogP contribution in [-0.2, 0) is 6.54 Å². The Hall–Kier alpha value is -2.03. The van der Waals surface area contributed by atoms with Gasteiger partial charge in [0.2, 0.25) is 0 Å². The Morgan fingerprint density at radius 1 is 1.44 bits per heavy atom. The van der Waals surface area contributed by atoms with Gasteiger partial charge in [-0.1, -0.05) is 24.3 Å². The van der Waals surface area contributed by atoms with Gasteiger partial charge in [0.05, 0.1) is 13.4 Å². The molecule has 2 rings (SSSR count). The Labute approximate surface area is 95.0 Å². The van der Waals surface area contributed by atoms with Crippen LogP contribution in [0.25, 0.3) is 6.08 Å². The maximum Gasteiger partial charge on any atom is 0.119 e. The van der Waals surface area contributed by atoms with Crippen molar-refractivity contribution in [3.63, 3.8) is 0 Å². The number of rotatable bonds is 4. The number of hydrogen-bond donors (Lipinski definition) is 0. The van der Waals surface area contributed by atoms with Crippen molar-refractivity contribution in [3.8, 4) is 5.75 Å². The van der Waals surface area contributed by atoms with E-state index in [4.69, 9.17) is 4.74 Å². The monoisotopic (exact) mass is 214 g/mol. The standard InChI is InChI=1S/C13H14N2O/c1-16-13-6-2-4-12(10-13)5-3-8-15-9-7-14-11-15/h2-7,9-11H,8H2,1H3/b5-3+. The van der Waals surface area contributed by atoms with Crippen molar-refractivity contribution in [1.29, 1.82) is 0 Å². The maximum atomic E-state index is 5.16. The number of imidazole rings is 1. The van der Waals surface area contributed by atoms with Gasteiger partial charge in [-0.2, -0.15) is 0 Å². The Kier molecular flexibility index (Phi) is 3.38. The third kappa shape index (κ3) is 2.73. The van der Waals surface area contributed by atoms with E-state index < -0.39 is 0 Å². The second-order valence-electron chi connectivity index (χ2n) is 3.44. The molecule has 0 spiro atoms. The molecule has 0 aliphatic carbocycles. The number of nitrogens with zero attached hydrogens (tertiary/aromatic N) is 2. The van der Waals surface area contributed by atoms with Gasteiger partial charge in [0.25, 0.3) is 0 Å². The van der Waals surface area contributed by atoms with E-state index in [0.29, 0.717) is 0 Å². The van der Waals surface area contributed by atoms with Gasteiger partial charge >= 0.3 is 0 Å². The van der Waals surface area contributed by atoms with Crippen molar-refractivity contribution in [2.45, 2.75) is 6.54 Å². The van der Waals surface area contributed by atoms with Crippen LogP contribution in [0.4, 0.5) is 0 Å². The minimum absolute atomic E-state index is 0.831. The zero-order valence-corrected chi connectivity index (χ0v) is 9.21. The molecule has 3 nitrogen and oxygen atoms in total. The first-order valence-electron chi connectivity index (χ1n) is 5.15. The number of ether oxygens (including phenoxy) is 1. The van der Waals surface area contributed by atoms with Crippen LogP contribution in [-0.4, -0.2) is 16.7 Å². The first-order valence-corrected chi connectivity index (χ1v) is 5.15. The van der Waals surface area contributed by atoms with E-state index in [0.717, 1.165) is 17.9 Å². The van der Waals surface area contributed by atoms with E-state index in [1.54, 1.807) is 19.6 Å². The lowest BCUT2D eigenvalue weighted by Gasteiger charge is -2.00. The largest absolute Gasteiger partial charge is 0.497 e. The second-order valence-corrected chi connectivity index (χ2v) is 3.44. The molecule has 0 atom stereocenters. The van der Waals surface area contributed by atoms with E-state index in [1.807, 2.05) is 35.0 Å². The number of benzene rings is 1. The lowest BCUT2D eigenvalue weighted by molar-refractivity contribution is 0.414. The molecule has 0 radical (unpaired) electrons. The molecule has 0 unspecified atom stereocenters. The number of methoxy groups -OCH3 is 1. The van der Waals surface area contributed by atoms with Gasteiger partial charge in [-0.3, -0.25) is 0 Å². The van der Waals surface area contributed by atoms with Crippen molar-refractivity contribution < 1.29 is 4.74 Å². The summed E-state index contributed by atoms with van der Waals surface area (Å²) in [5, 5.41) is 0. The van der Waals surface area contributed by atoms with Crippen molar-refractivity contribution in [2.75, 3.05) is 7.11 Å². The predicted molar refractivity (Wildman–Crippen MR) is 64.3 cm³/mol. The molecule has 0 fully saturated rings. The van der Waals surface area contributed by atoms with Crippen LogP contribution in [0.15, 0.2) is 49.1 Å². The minimum Gasteiger partial charge on any atom is -0.497 e. The highest BCUT2D eigenvalue weighted by molar-refractivity contribution is 5.51. The first kappa shape index (κ1) is 10.5. The van der Waals surface area contributed by atoms with Crippen molar-refractivity contribution in [1.82, 2.24) is 9.55 Å². The maximum absolute atomic E-state index is 5.16. The number of hydrogen-bond acceptors (Lipinski definition) is 2. The van der Waals surface area contributed by atoms with Crippen LogP contribution >= 0.6 is 0 Å². The Morgan fingerprint density at radius 3 is 3.12 bits per heavy atom. The second kappa shape index (κ2) is 5.16. The van der Waals surface area contributed by atoms with E-state index in [-0.39, 0.29) is 0 Å². The van der Waals surface area contributed by atoms with Crippen LogP contribution in [0, 0.1) is 0 Å². The summed E-state index contributed by atoms with van der Waals surface area (Å²) in [6.07, 6.45) is 9.68. The average Bonchev–Trinajstić information content (AvgIpc) is 2.82. The number of allylic oxidation sites excluding steroid dienone is 1. The van der Waals surface area contributed by atoms with E-state index >= 15 is 0 Å². The highest BCUT2D eigenvalue weighted by atomic mass is 16.5. The van der Waals surface area contributed by atoms with Crippen molar-refractivity contribution >= 4 is 6.08 Å². The summed E-state index contributed by atoms with van der Waals surface area (Å²) >= 11 is 0. The first-order chi connectivity index (χ1) is 7.88. The smallest absolute Gasteiger partial charge is 0.119 e. The molecule has 0 aliphatic rings. The quantitative estimate of drug-likeness (QED) is 0.782. The van der Waals surface area contributed by atoms with Gasteiger partial charge in [0.15, 0.2) is 0 Å². The molecular formula is C13H14N2O. The SMILES string of the molecule is COc1cccc(/C=C/Cn2ccnc2)c1. The van der Waals surface area contributed by atoms with E-state index in [9.17, 15) is 0 Å². The fourth-order valence-electron chi connectivity index (χ4n) is 1.45. The highest BCUT2D eigenvalue weighted by Gasteiger charge is 1.91. The van der Waals surface area contributed by atoms with Crippen LogP contribution in [0.1, 0.15) is 5.56 Å². The number of aromatic nitrogens is 2. The molecule has 1 aromatic carbocycles. The summed E-state index contributed by atoms with van der Waals surface area (Å²) in [4.78, 5) is 3.98. The molecule has 2 aromatic rings. The summed E-state index contributed by atoms with van der Waals surface area (Å²) < 4.78 is 7.17. The lowest BCUT2D eigenvalue weighted by atomic mass is 10.2. The summed E-state index contributed by atoms with van der Waals surface area (Å²) in [5.74, 6) is 0.879. The average molecular weight is 214 g/mol. The third-order valence-electron chi connectivity index (χ3n) is 2.28.